The number of nitrogens with zero attached hydrogens (tertiary/aromatic N) is 2. The summed E-state index contributed by atoms with van der Waals surface area (Å²) in [5.74, 6) is 0.946. The summed E-state index contributed by atoms with van der Waals surface area (Å²) in [6.07, 6.45) is 3.38. The molecule has 88 valence electrons. The summed E-state index contributed by atoms with van der Waals surface area (Å²) in [5.41, 5.74) is 0.938. The van der Waals surface area contributed by atoms with E-state index in [1.54, 1.807) is 30.3 Å². The molecule has 4 nitrogen and oxygen atoms in total. The van der Waals surface area contributed by atoms with Crippen LogP contribution in [-0.2, 0) is 6.42 Å². The van der Waals surface area contributed by atoms with E-state index in [1.165, 1.54) is 6.33 Å². The zero-order valence-corrected chi connectivity index (χ0v) is 9.63. The first-order chi connectivity index (χ1) is 8.29. The molecule has 0 atom stereocenters. The third-order valence-corrected chi connectivity index (χ3v) is 2.28. The minimum Gasteiger partial charge on any atom is -0.504 e. The number of aryl methyl sites for hydroxylation is 1. The lowest BCUT2D eigenvalue weighted by Crippen LogP contribution is -1.94. The van der Waals surface area contributed by atoms with Crippen molar-refractivity contribution in [1.82, 2.24) is 9.97 Å². The van der Waals surface area contributed by atoms with Crippen molar-refractivity contribution in [2.75, 3.05) is 0 Å². The van der Waals surface area contributed by atoms with Crippen LogP contribution in [0, 0.1) is 0 Å². The second-order valence-corrected chi connectivity index (χ2v) is 3.67. The Hall–Kier alpha value is -2.10. The molecule has 0 aliphatic heterocycles. The average molecular weight is 230 g/mol. The van der Waals surface area contributed by atoms with Crippen molar-refractivity contribution in [1.29, 1.82) is 0 Å². The molecule has 0 saturated heterocycles. The van der Waals surface area contributed by atoms with E-state index in [-0.39, 0.29) is 5.75 Å². The topological polar surface area (TPSA) is 55.2 Å². The van der Waals surface area contributed by atoms with Crippen molar-refractivity contribution in [2.24, 2.45) is 0 Å². The Kier molecular flexibility index (Phi) is 3.55. The highest BCUT2D eigenvalue weighted by molar-refractivity contribution is 5.40. The molecule has 4 heteroatoms. The van der Waals surface area contributed by atoms with E-state index in [9.17, 15) is 5.11 Å². The molecular formula is C13H14N2O2. The number of para-hydroxylation sites is 2. The summed E-state index contributed by atoms with van der Waals surface area (Å²) in [5, 5.41) is 9.58. The lowest BCUT2D eigenvalue weighted by Gasteiger charge is -2.06. The standard InChI is InChI=1S/C13H14N2O2/c1-2-5-10-8-13(15-9-14-10)17-12-7-4-3-6-11(12)16/h3-4,6-9,16H,2,5H2,1H3. The smallest absolute Gasteiger partial charge is 0.222 e. The predicted molar refractivity (Wildman–Crippen MR) is 64.2 cm³/mol. The number of benzene rings is 1. The molecule has 1 heterocycles. The number of hydrogen-bond donors (Lipinski definition) is 1. The van der Waals surface area contributed by atoms with Gasteiger partial charge in [0.2, 0.25) is 5.88 Å². The molecule has 0 unspecified atom stereocenters. The normalized spacial score (nSPS) is 10.2. The molecule has 1 aromatic heterocycles. The first kappa shape index (κ1) is 11.4. The Morgan fingerprint density at radius 1 is 1.24 bits per heavy atom. The summed E-state index contributed by atoms with van der Waals surface area (Å²) >= 11 is 0. The monoisotopic (exact) mass is 230 g/mol. The largest absolute Gasteiger partial charge is 0.504 e. The molecule has 2 rings (SSSR count). The lowest BCUT2D eigenvalue weighted by molar-refractivity contribution is 0.401. The number of hydrogen-bond acceptors (Lipinski definition) is 4. The molecule has 1 aromatic carbocycles. The third-order valence-electron chi connectivity index (χ3n) is 2.28. The molecule has 0 fully saturated rings. The van der Waals surface area contributed by atoms with Crippen LogP contribution in [0.4, 0.5) is 0 Å². The first-order valence-corrected chi connectivity index (χ1v) is 5.56. The predicted octanol–water partition coefficient (Wildman–Crippen LogP) is 2.93. The van der Waals surface area contributed by atoms with Crippen LogP contribution in [0.2, 0.25) is 0 Å². The van der Waals surface area contributed by atoms with Crippen molar-refractivity contribution < 1.29 is 9.84 Å². The van der Waals surface area contributed by atoms with Crippen LogP contribution >= 0.6 is 0 Å². The van der Waals surface area contributed by atoms with Crippen LogP contribution < -0.4 is 4.74 Å². The van der Waals surface area contributed by atoms with Crippen LogP contribution in [0.15, 0.2) is 36.7 Å². The van der Waals surface area contributed by atoms with Crippen LogP contribution in [0.1, 0.15) is 19.0 Å². The summed E-state index contributed by atoms with van der Waals surface area (Å²) in [6, 6.07) is 8.59. The van der Waals surface area contributed by atoms with Gasteiger partial charge in [0.05, 0.1) is 0 Å². The molecule has 1 N–H and O–H groups in total. The maximum absolute atomic E-state index is 9.58. The van der Waals surface area contributed by atoms with Gasteiger partial charge >= 0.3 is 0 Å². The van der Waals surface area contributed by atoms with E-state index >= 15 is 0 Å². The number of aromatic nitrogens is 2. The Balaban J connectivity index is 2.18. The Bertz CT molecular complexity index is 500. The molecule has 0 aliphatic rings. The molecule has 2 aromatic rings. The minimum absolute atomic E-state index is 0.100. The van der Waals surface area contributed by atoms with E-state index in [1.807, 2.05) is 0 Å². The second kappa shape index (κ2) is 5.30. The van der Waals surface area contributed by atoms with Gasteiger partial charge in [-0.2, -0.15) is 0 Å². The Labute approximate surface area is 99.9 Å². The number of ether oxygens (including phenoxy) is 1. The van der Waals surface area contributed by atoms with Gasteiger partial charge in [-0.3, -0.25) is 0 Å². The Morgan fingerprint density at radius 3 is 2.82 bits per heavy atom. The van der Waals surface area contributed by atoms with Gasteiger partial charge in [-0.25, -0.2) is 9.97 Å². The van der Waals surface area contributed by atoms with Gasteiger partial charge in [-0.1, -0.05) is 25.5 Å². The van der Waals surface area contributed by atoms with Gasteiger partial charge in [-0.15, -0.1) is 0 Å². The van der Waals surface area contributed by atoms with Gasteiger partial charge in [0.1, 0.15) is 6.33 Å². The molecule has 0 aliphatic carbocycles. The second-order valence-electron chi connectivity index (χ2n) is 3.67. The quantitative estimate of drug-likeness (QED) is 0.877. The zero-order chi connectivity index (χ0) is 12.1. The van der Waals surface area contributed by atoms with E-state index in [2.05, 4.69) is 16.9 Å². The van der Waals surface area contributed by atoms with Crippen molar-refractivity contribution in [2.45, 2.75) is 19.8 Å². The van der Waals surface area contributed by atoms with Crippen LogP contribution in [-0.4, -0.2) is 15.1 Å². The molecule has 17 heavy (non-hydrogen) atoms. The minimum atomic E-state index is 0.100. The number of rotatable bonds is 4. The zero-order valence-electron chi connectivity index (χ0n) is 9.63. The van der Waals surface area contributed by atoms with Gasteiger partial charge in [-0.05, 0) is 18.6 Å². The molecule has 0 radical (unpaired) electrons. The lowest BCUT2D eigenvalue weighted by atomic mass is 10.2. The van der Waals surface area contributed by atoms with E-state index in [0.717, 1.165) is 18.5 Å². The number of aromatic hydroxyl groups is 1. The molecule has 0 amide bonds. The van der Waals surface area contributed by atoms with Crippen molar-refractivity contribution in [3.8, 4) is 17.4 Å². The van der Waals surface area contributed by atoms with E-state index in [4.69, 9.17) is 4.74 Å². The Morgan fingerprint density at radius 2 is 2.06 bits per heavy atom. The maximum Gasteiger partial charge on any atom is 0.222 e. The summed E-state index contributed by atoms with van der Waals surface area (Å²) in [7, 11) is 0. The van der Waals surface area contributed by atoms with Gasteiger partial charge < -0.3 is 9.84 Å². The fraction of sp³-hybridized carbons (Fsp3) is 0.231. The van der Waals surface area contributed by atoms with Crippen LogP contribution in [0.5, 0.6) is 17.4 Å². The fourth-order valence-corrected chi connectivity index (χ4v) is 1.48. The van der Waals surface area contributed by atoms with Gasteiger partial charge in [0.25, 0.3) is 0 Å². The summed E-state index contributed by atoms with van der Waals surface area (Å²) in [4.78, 5) is 8.15. The molecule has 0 saturated carbocycles. The summed E-state index contributed by atoms with van der Waals surface area (Å²) < 4.78 is 5.50. The average Bonchev–Trinajstić information content (AvgIpc) is 2.33. The fourth-order valence-electron chi connectivity index (χ4n) is 1.48. The maximum atomic E-state index is 9.58. The van der Waals surface area contributed by atoms with Crippen molar-refractivity contribution in [3.63, 3.8) is 0 Å². The first-order valence-electron chi connectivity index (χ1n) is 5.56. The highest BCUT2D eigenvalue weighted by Crippen LogP contribution is 2.28. The van der Waals surface area contributed by atoms with E-state index in [0.29, 0.717) is 11.6 Å². The van der Waals surface area contributed by atoms with Crippen molar-refractivity contribution >= 4 is 0 Å². The number of phenolic OH excluding ortho intramolecular Hbond substituents is 1. The molecular weight excluding hydrogens is 216 g/mol. The van der Waals surface area contributed by atoms with E-state index < -0.39 is 0 Å². The van der Waals surface area contributed by atoms with Gasteiger partial charge in [0.15, 0.2) is 11.5 Å². The number of phenols is 1. The molecule has 0 bridgehead atoms. The van der Waals surface area contributed by atoms with Crippen LogP contribution in [0.25, 0.3) is 0 Å². The van der Waals surface area contributed by atoms with Crippen molar-refractivity contribution in [3.05, 3.63) is 42.4 Å². The SMILES string of the molecule is CCCc1cc(Oc2ccccc2O)ncn1. The van der Waals surface area contributed by atoms with Crippen LogP contribution in [0.3, 0.4) is 0 Å². The third kappa shape index (κ3) is 2.93. The van der Waals surface area contributed by atoms with Gasteiger partial charge in [0, 0.05) is 11.8 Å². The highest BCUT2D eigenvalue weighted by Gasteiger charge is 2.04. The highest BCUT2D eigenvalue weighted by atomic mass is 16.5. The summed E-state index contributed by atoms with van der Waals surface area (Å²) in [6.45, 7) is 2.09. The molecule has 0 spiro atoms.